The molecule has 2 N–H and O–H groups in total. The molecular weight excluding hydrogens is 454 g/mol. The van der Waals surface area contributed by atoms with E-state index in [9.17, 15) is 4.79 Å². The van der Waals surface area contributed by atoms with Gasteiger partial charge in [-0.15, -0.1) is 0 Å². The summed E-state index contributed by atoms with van der Waals surface area (Å²) in [5.41, 5.74) is 4.37. The molecular formula is C26H18ClN3O2S. The molecule has 162 valence electrons. The summed E-state index contributed by atoms with van der Waals surface area (Å²) in [5, 5.41) is 8.57. The fraction of sp³-hybridized carbons (Fsp3) is 0.0385. The zero-order valence-electron chi connectivity index (χ0n) is 17.6. The van der Waals surface area contributed by atoms with E-state index in [2.05, 4.69) is 10.6 Å². The minimum absolute atomic E-state index is 0.178. The zero-order valence-corrected chi connectivity index (χ0v) is 19.1. The Morgan fingerprint density at radius 3 is 2.70 bits per heavy atom. The Balaban J connectivity index is 1.36. The Bertz CT molecular complexity index is 1540. The average molecular weight is 472 g/mol. The lowest BCUT2D eigenvalue weighted by Gasteiger charge is -2.10. The lowest BCUT2D eigenvalue weighted by atomic mass is 10.1. The summed E-state index contributed by atoms with van der Waals surface area (Å²) in [6.45, 7) is 1.88. The fourth-order valence-corrected chi connectivity index (χ4v) is 3.98. The van der Waals surface area contributed by atoms with Gasteiger partial charge in [0, 0.05) is 27.2 Å². The molecule has 0 aliphatic heterocycles. The summed E-state index contributed by atoms with van der Waals surface area (Å²) in [4.78, 5) is 17.2. The van der Waals surface area contributed by atoms with E-state index in [1.807, 2.05) is 67.6 Å². The first-order valence-corrected chi connectivity index (χ1v) is 11.0. The molecule has 5 nitrogen and oxygen atoms in total. The lowest BCUT2D eigenvalue weighted by Crippen LogP contribution is -2.34. The maximum absolute atomic E-state index is 12.5. The molecule has 5 aromatic rings. The number of anilines is 1. The summed E-state index contributed by atoms with van der Waals surface area (Å²) >= 11 is 11.4. The summed E-state index contributed by atoms with van der Waals surface area (Å²) in [7, 11) is 0. The molecule has 1 heterocycles. The number of nitrogens with zero attached hydrogens (tertiary/aromatic N) is 1. The van der Waals surface area contributed by atoms with Gasteiger partial charge < -0.3 is 9.73 Å². The van der Waals surface area contributed by atoms with Crippen LogP contribution in [0.25, 0.3) is 33.3 Å². The molecule has 4 aromatic carbocycles. The number of oxazole rings is 1. The molecule has 0 bridgehead atoms. The number of hydrogen-bond acceptors (Lipinski definition) is 4. The lowest BCUT2D eigenvalue weighted by molar-refractivity contribution is 0.0977. The average Bonchev–Trinajstić information content (AvgIpc) is 3.26. The first-order valence-electron chi connectivity index (χ1n) is 10.3. The van der Waals surface area contributed by atoms with E-state index < -0.39 is 0 Å². The molecule has 0 aliphatic rings. The van der Waals surface area contributed by atoms with Gasteiger partial charge in [-0.3, -0.25) is 10.1 Å². The Hall–Kier alpha value is -3.74. The number of aryl methyl sites for hydroxylation is 1. The quantitative estimate of drug-likeness (QED) is 0.285. The molecule has 33 heavy (non-hydrogen) atoms. The summed E-state index contributed by atoms with van der Waals surface area (Å²) in [6.07, 6.45) is 0. The van der Waals surface area contributed by atoms with Crippen molar-refractivity contribution in [1.29, 1.82) is 0 Å². The van der Waals surface area contributed by atoms with Crippen LogP contribution in [0.2, 0.25) is 5.02 Å². The van der Waals surface area contributed by atoms with E-state index in [-0.39, 0.29) is 11.0 Å². The minimum Gasteiger partial charge on any atom is -0.436 e. The second kappa shape index (κ2) is 8.65. The van der Waals surface area contributed by atoms with Gasteiger partial charge in [-0.05, 0) is 66.5 Å². The van der Waals surface area contributed by atoms with E-state index in [0.717, 1.165) is 33.0 Å². The molecule has 0 unspecified atom stereocenters. The minimum atomic E-state index is -0.337. The number of nitrogens with one attached hydrogen (secondary N) is 2. The molecule has 0 fully saturated rings. The number of carbonyl (C=O) groups is 1. The monoisotopic (exact) mass is 471 g/mol. The van der Waals surface area contributed by atoms with Gasteiger partial charge in [0.1, 0.15) is 5.52 Å². The van der Waals surface area contributed by atoms with Crippen molar-refractivity contribution >= 4 is 62.4 Å². The van der Waals surface area contributed by atoms with Gasteiger partial charge in [-0.2, -0.15) is 0 Å². The topological polar surface area (TPSA) is 67.2 Å². The van der Waals surface area contributed by atoms with Crippen LogP contribution in [0.4, 0.5) is 5.69 Å². The normalized spacial score (nSPS) is 11.0. The molecule has 0 saturated heterocycles. The van der Waals surface area contributed by atoms with Gasteiger partial charge in [0.25, 0.3) is 5.91 Å². The van der Waals surface area contributed by atoms with E-state index >= 15 is 0 Å². The maximum atomic E-state index is 12.5. The smallest absolute Gasteiger partial charge is 0.257 e. The van der Waals surface area contributed by atoms with Crippen LogP contribution < -0.4 is 10.6 Å². The van der Waals surface area contributed by atoms with Crippen LogP contribution in [0.15, 0.2) is 83.3 Å². The zero-order chi connectivity index (χ0) is 22.9. The van der Waals surface area contributed by atoms with Crippen molar-refractivity contribution in [3.05, 3.63) is 95.0 Å². The van der Waals surface area contributed by atoms with Gasteiger partial charge in [0.15, 0.2) is 10.7 Å². The van der Waals surface area contributed by atoms with Crippen LogP contribution in [-0.4, -0.2) is 16.0 Å². The number of carbonyl (C=O) groups excluding carboxylic acids is 1. The van der Waals surface area contributed by atoms with Crippen LogP contribution in [0.5, 0.6) is 0 Å². The maximum Gasteiger partial charge on any atom is 0.257 e. The second-order valence-corrected chi connectivity index (χ2v) is 8.42. The molecule has 1 aromatic heterocycles. The van der Waals surface area contributed by atoms with Crippen LogP contribution in [0.3, 0.4) is 0 Å². The molecule has 0 spiro atoms. The van der Waals surface area contributed by atoms with Crippen molar-refractivity contribution in [2.24, 2.45) is 0 Å². The van der Waals surface area contributed by atoms with Crippen molar-refractivity contribution in [3.63, 3.8) is 0 Å². The number of benzene rings is 4. The Kier molecular flexibility index (Phi) is 5.54. The van der Waals surface area contributed by atoms with Gasteiger partial charge in [-0.1, -0.05) is 54.1 Å². The molecule has 0 saturated carbocycles. The number of halogens is 1. The van der Waals surface area contributed by atoms with E-state index in [0.29, 0.717) is 22.2 Å². The SMILES string of the molecule is Cc1ccc(C(=O)NC(=S)Nc2cccc(-c3nc4c(ccc5ccccc54)o3)c2)cc1Cl. The van der Waals surface area contributed by atoms with Gasteiger partial charge in [0.05, 0.1) is 0 Å². The fourth-order valence-electron chi connectivity index (χ4n) is 3.59. The predicted molar refractivity (Wildman–Crippen MR) is 137 cm³/mol. The number of aromatic nitrogens is 1. The van der Waals surface area contributed by atoms with Gasteiger partial charge in [-0.25, -0.2) is 4.98 Å². The third-order valence-corrected chi connectivity index (χ3v) is 5.92. The van der Waals surface area contributed by atoms with E-state index in [1.54, 1.807) is 18.2 Å². The van der Waals surface area contributed by atoms with Gasteiger partial charge in [0.2, 0.25) is 5.89 Å². The van der Waals surface area contributed by atoms with Crippen molar-refractivity contribution in [2.45, 2.75) is 6.92 Å². The van der Waals surface area contributed by atoms with Crippen LogP contribution in [0, 0.1) is 6.92 Å². The summed E-state index contributed by atoms with van der Waals surface area (Å²) < 4.78 is 6.01. The Labute approximate surface area is 200 Å². The van der Waals surface area contributed by atoms with Crippen molar-refractivity contribution < 1.29 is 9.21 Å². The highest BCUT2D eigenvalue weighted by Crippen LogP contribution is 2.30. The number of hydrogen-bond donors (Lipinski definition) is 2. The van der Waals surface area contributed by atoms with E-state index in [4.69, 9.17) is 33.2 Å². The Morgan fingerprint density at radius 2 is 1.85 bits per heavy atom. The number of amides is 1. The van der Waals surface area contributed by atoms with Crippen molar-refractivity contribution in [1.82, 2.24) is 10.3 Å². The number of thiocarbonyl (C=S) groups is 1. The molecule has 1 amide bonds. The van der Waals surface area contributed by atoms with Crippen LogP contribution >= 0.6 is 23.8 Å². The highest BCUT2D eigenvalue weighted by atomic mass is 35.5. The number of fused-ring (bicyclic) bond motifs is 3. The van der Waals surface area contributed by atoms with E-state index in [1.165, 1.54) is 0 Å². The molecule has 0 aliphatic carbocycles. The highest BCUT2D eigenvalue weighted by molar-refractivity contribution is 7.80. The molecule has 5 rings (SSSR count). The van der Waals surface area contributed by atoms with Crippen molar-refractivity contribution in [2.75, 3.05) is 5.32 Å². The molecule has 7 heteroatoms. The first-order chi connectivity index (χ1) is 16.0. The highest BCUT2D eigenvalue weighted by Gasteiger charge is 2.13. The summed E-state index contributed by atoms with van der Waals surface area (Å²) in [5.74, 6) is 0.172. The van der Waals surface area contributed by atoms with Crippen LogP contribution in [0.1, 0.15) is 15.9 Å². The van der Waals surface area contributed by atoms with Crippen LogP contribution in [-0.2, 0) is 0 Å². The van der Waals surface area contributed by atoms with Crippen molar-refractivity contribution in [3.8, 4) is 11.5 Å². The third kappa shape index (κ3) is 4.31. The standard InChI is InChI=1S/C26H18ClN3O2S/c1-15-9-10-17(14-21(15)27)24(31)30-26(33)28-19-7-4-6-18(13-19)25-29-23-20-8-3-2-5-16(20)11-12-22(23)32-25/h2-14H,1H3,(H2,28,30,31,33). The first kappa shape index (κ1) is 21.1. The Morgan fingerprint density at radius 1 is 1.00 bits per heavy atom. The number of rotatable bonds is 3. The third-order valence-electron chi connectivity index (χ3n) is 5.31. The molecule has 0 atom stereocenters. The van der Waals surface area contributed by atoms with Gasteiger partial charge >= 0.3 is 0 Å². The summed E-state index contributed by atoms with van der Waals surface area (Å²) in [6, 6.07) is 24.6. The molecule has 0 radical (unpaired) electrons. The predicted octanol–water partition coefficient (Wildman–Crippen LogP) is 6.74. The largest absolute Gasteiger partial charge is 0.436 e. The second-order valence-electron chi connectivity index (χ2n) is 7.61.